The van der Waals surface area contributed by atoms with Crippen LogP contribution in [-0.4, -0.2) is 64.6 Å². The highest BCUT2D eigenvalue weighted by Gasteiger charge is 2.49. The second-order valence-electron chi connectivity index (χ2n) is 14.0. The van der Waals surface area contributed by atoms with E-state index in [0.717, 1.165) is 32.9 Å². The van der Waals surface area contributed by atoms with E-state index < -0.39 is 47.5 Å². The number of carbonyl (C=O) groups is 1. The summed E-state index contributed by atoms with van der Waals surface area (Å²) in [5.41, 5.74) is 1.02. The Hall–Kier alpha value is -4.99. The zero-order valence-electron chi connectivity index (χ0n) is 31.7. The largest absolute Gasteiger partial charge is 0.497 e. The summed E-state index contributed by atoms with van der Waals surface area (Å²) < 4.78 is 31.2. The summed E-state index contributed by atoms with van der Waals surface area (Å²) in [5, 5.41) is 14.7. The SMILES string of the molecule is COc1ccc(C(OCC2OC(n3ccc(=O)[nH]c3=O)C(OC(=O)Nc3ccccc3CSSC(C)(C)C)C2O)(c2ccccc2)c2ccc(OC)cc2)cc1. The highest BCUT2D eigenvalue weighted by atomic mass is 33.1. The van der Waals surface area contributed by atoms with Gasteiger partial charge in [0.05, 0.1) is 20.8 Å². The van der Waals surface area contributed by atoms with Gasteiger partial charge in [0.25, 0.3) is 5.56 Å². The monoisotopic (exact) mass is 799 g/mol. The lowest BCUT2D eigenvalue weighted by Crippen LogP contribution is -2.42. The number of hydrogen-bond donors (Lipinski definition) is 3. The van der Waals surface area contributed by atoms with Crippen LogP contribution < -0.4 is 26.0 Å². The van der Waals surface area contributed by atoms with Gasteiger partial charge in [0.2, 0.25) is 0 Å². The van der Waals surface area contributed by atoms with Gasteiger partial charge in [-0.3, -0.25) is 19.7 Å². The second kappa shape index (κ2) is 17.9. The average molecular weight is 800 g/mol. The predicted molar refractivity (Wildman–Crippen MR) is 218 cm³/mol. The van der Waals surface area contributed by atoms with E-state index in [2.05, 4.69) is 31.1 Å². The van der Waals surface area contributed by atoms with Gasteiger partial charge in [0, 0.05) is 28.5 Å². The van der Waals surface area contributed by atoms with Crippen molar-refractivity contribution in [3.63, 3.8) is 0 Å². The third kappa shape index (κ3) is 9.33. The van der Waals surface area contributed by atoms with Crippen molar-refractivity contribution in [2.75, 3.05) is 26.1 Å². The summed E-state index contributed by atoms with van der Waals surface area (Å²) in [5.74, 6) is 1.92. The topological polar surface area (TPSA) is 150 Å². The van der Waals surface area contributed by atoms with Crippen molar-refractivity contribution in [3.8, 4) is 11.5 Å². The van der Waals surface area contributed by atoms with Crippen molar-refractivity contribution in [1.82, 2.24) is 9.55 Å². The lowest BCUT2D eigenvalue weighted by atomic mass is 9.80. The van der Waals surface area contributed by atoms with Crippen molar-refractivity contribution in [2.24, 2.45) is 0 Å². The molecule has 56 heavy (non-hydrogen) atoms. The molecule has 4 atom stereocenters. The minimum atomic E-state index is -1.47. The number of nitrogens with one attached hydrogen (secondary N) is 2. The number of methoxy groups -OCH3 is 2. The number of H-pyrrole nitrogens is 1. The Bertz CT molecular complexity index is 2140. The van der Waals surface area contributed by atoms with Crippen LogP contribution in [0.5, 0.6) is 11.5 Å². The molecule has 1 saturated heterocycles. The van der Waals surface area contributed by atoms with Gasteiger partial charge in [0.1, 0.15) is 29.3 Å². The number of benzene rings is 4. The molecule has 12 nitrogen and oxygen atoms in total. The standard InChI is InChI=1S/C42H45N3O9S2/c1-41(2,3)56-55-26-27-11-9-10-14-33(27)43-40(49)54-37-36(47)34(53-38(37)45-24-23-35(46)44-39(45)48)25-52-42(28-12-7-6-8-13-28,29-15-19-31(50-4)20-16-29)30-17-21-32(51-5)22-18-30/h6-24,34,36-38,47H,25-26H2,1-5H3,(H,43,49)(H,44,46,48). The Morgan fingerprint density at radius 2 is 1.43 bits per heavy atom. The van der Waals surface area contributed by atoms with Crippen LogP contribution in [0.1, 0.15) is 49.3 Å². The average Bonchev–Trinajstić information content (AvgIpc) is 3.49. The van der Waals surface area contributed by atoms with E-state index in [1.165, 1.54) is 6.20 Å². The zero-order valence-corrected chi connectivity index (χ0v) is 33.3. The molecule has 3 N–H and O–H groups in total. The molecule has 294 valence electrons. The maximum atomic E-state index is 13.6. The van der Waals surface area contributed by atoms with Crippen LogP contribution in [0.15, 0.2) is 125 Å². The van der Waals surface area contributed by atoms with E-state index in [-0.39, 0.29) is 11.4 Å². The molecule has 0 radical (unpaired) electrons. The van der Waals surface area contributed by atoms with Gasteiger partial charge in [0.15, 0.2) is 12.3 Å². The summed E-state index contributed by atoms with van der Waals surface area (Å²) in [6.45, 7) is 6.16. The van der Waals surface area contributed by atoms with Crippen LogP contribution in [-0.2, 0) is 25.6 Å². The van der Waals surface area contributed by atoms with Gasteiger partial charge >= 0.3 is 11.8 Å². The molecule has 1 aliphatic heterocycles. The number of aliphatic hydroxyl groups is 1. The molecule has 14 heteroatoms. The molecule has 0 spiro atoms. The number of anilines is 1. The Balaban J connectivity index is 1.33. The molecule has 1 aromatic heterocycles. The van der Waals surface area contributed by atoms with Crippen LogP contribution in [0.4, 0.5) is 10.5 Å². The predicted octanol–water partition coefficient (Wildman–Crippen LogP) is 7.12. The van der Waals surface area contributed by atoms with E-state index in [4.69, 9.17) is 23.7 Å². The minimum Gasteiger partial charge on any atom is -0.497 e. The Labute approximate surface area is 332 Å². The number of ether oxygens (including phenoxy) is 5. The lowest BCUT2D eigenvalue weighted by Gasteiger charge is -2.37. The summed E-state index contributed by atoms with van der Waals surface area (Å²) in [7, 11) is 6.58. The minimum absolute atomic E-state index is 0.0453. The Kier molecular flexibility index (Phi) is 13.0. The first-order valence-electron chi connectivity index (χ1n) is 17.9. The van der Waals surface area contributed by atoms with E-state index in [0.29, 0.717) is 22.9 Å². The molecule has 0 bridgehead atoms. The zero-order chi connectivity index (χ0) is 39.9. The first-order valence-corrected chi connectivity index (χ1v) is 20.2. The molecule has 1 fully saturated rings. The molecule has 1 aliphatic rings. The van der Waals surface area contributed by atoms with Gasteiger partial charge in [-0.2, -0.15) is 0 Å². The quantitative estimate of drug-likeness (QED) is 0.0779. The molecule has 5 aromatic rings. The van der Waals surface area contributed by atoms with Gasteiger partial charge in [-0.15, -0.1) is 0 Å². The number of para-hydroxylation sites is 1. The van der Waals surface area contributed by atoms with E-state index in [1.807, 2.05) is 91.0 Å². The van der Waals surface area contributed by atoms with E-state index in [9.17, 15) is 19.5 Å². The number of aliphatic hydroxyl groups excluding tert-OH is 1. The van der Waals surface area contributed by atoms with Crippen molar-refractivity contribution in [1.29, 1.82) is 0 Å². The number of aromatic amines is 1. The highest BCUT2D eigenvalue weighted by molar-refractivity contribution is 8.76. The molecular formula is C42H45N3O9S2. The Morgan fingerprint density at radius 1 is 0.839 bits per heavy atom. The maximum absolute atomic E-state index is 13.6. The van der Waals surface area contributed by atoms with Crippen LogP contribution in [0.25, 0.3) is 0 Å². The normalized spacial score (nSPS) is 18.3. The molecule has 0 saturated carbocycles. The van der Waals surface area contributed by atoms with Crippen molar-refractivity contribution < 1.29 is 33.6 Å². The molecule has 1 amide bonds. The third-order valence-corrected chi connectivity index (χ3v) is 12.3. The first-order chi connectivity index (χ1) is 26.9. The van der Waals surface area contributed by atoms with Crippen molar-refractivity contribution in [2.45, 2.75) is 61.4 Å². The smallest absolute Gasteiger partial charge is 0.412 e. The van der Waals surface area contributed by atoms with Gasteiger partial charge in [-0.25, -0.2) is 9.59 Å². The van der Waals surface area contributed by atoms with Gasteiger partial charge in [-0.05, 0) is 52.6 Å². The molecule has 4 unspecified atom stereocenters. The summed E-state index contributed by atoms with van der Waals surface area (Å²) >= 11 is 0. The van der Waals surface area contributed by atoms with Crippen LogP contribution in [0.2, 0.25) is 0 Å². The number of aromatic nitrogens is 2. The fourth-order valence-electron chi connectivity index (χ4n) is 6.42. The number of carbonyl (C=O) groups excluding carboxylic acids is 1. The number of hydrogen-bond acceptors (Lipinski definition) is 11. The maximum Gasteiger partial charge on any atom is 0.412 e. The number of amides is 1. The molecule has 2 heterocycles. The van der Waals surface area contributed by atoms with Crippen LogP contribution >= 0.6 is 21.6 Å². The van der Waals surface area contributed by atoms with Crippen molar-refractivity contribution in [3.05, 3.63) is 158 Å². The van der Waals surface area contributed by atoms with E-state index in [1.54, 1.807) is 47.9 Å². The third-order valence-electron chi connectivity index (χ3n) is 9.10. The van der Waals surface area contributed by atoms with E-state index >= 15 is 0 Å². The van der Waals surface area contributed by atoms with Crippen LogP contribution in [0, 0.1) is 0 Å². The van der Waals surface area contributed by atoms with Crippen molar-refractivity contribution >= 4 is 33.4 Å². The fraction of sp³-hybridized carbons (Fsp3) is 0.310. The summed E-state index contributed by atoms with van der Waals surface area (Å²) in [6.07, 6.45) is -4.93. The molecule has 4 aromatic carbocycles. The highest BCUT2D eigenvalue weighted by Crippen LogP contribution is 2.43. The second-order valence-corrected chi connectivity index (χ2v) is 17.1. The fourth-order valence-corrected chi connectivity index (χ4v) is 8.83. The number of rotatable bonds is 14. The Morgan fingerprint density at radius 3 is 2.02 bits per heavy atom. The summed E-state index contributed by atoms with van der Waals surface area (Å²) in [6, 6.07) is 33.1. The number of nitrogens with zero attached hydrogens (tertiary/aromatic N) is 1. The molecule has 0 aliphatic carbocycles. The van der Waals surface area contributed by atoms with Crippen LogP contribution in [0.3, 0.4) is 0 Å². The lowest BCUT2D eigenvalue weighted by molar-refractivity contribution is -0.0959. The van der Waals surface area contributed by atoms with Gasteiger partial charge < -0.3 is 28.8 Å². The summed E-state index contributed by atoms with van der Waals surface area (Å²) in [4.78, 5) is 40.9. The van der Waals surface area contributed by atoms with Gasteiger partial charge in [-0.1, -0.05) is 115 Å². The molecule has 6 rings (SSSR count). The molecular weight excluding hydrogens is 755 g/mol. The first kappa shape index (κ1) is 40.7.